The van der Waals surface area contributed by atoms with Gasteiger partial charge in [-0.25, -0.2) is 4.79 Å². The summed E-state index contributed by atoms with van der Waals surface area (Å²) in [5, 5.41) is 8.58. The molecule has 0 saturated carbocycles. The maximum atomic E-state index is 11.6. The summed E-state index contributed by atoms with van der Waals surface area (Å²) in [6.07, 6.45) is 2.10. The van der Waals surface area contributed by atoms with E-state index < -0.39 is 0 Å². The minimum atomic E-state index is -0.283. The number of nitriles is 1. The fourth-order valence-electron chi connectivity index (χ4n) is 1.73. The Morgan fingerprint density at radius 2 is 2.12 bits per heavy atom. The van der Waals surface area contributed by atoms with Crippen LogP contribution < -0.4 is 0 Å². The number of nitrogens with zero attached hydrogens (tertiary/aromatic N) is 1. The van der Waals surface area contributed by atoms with E-state index in [1.54, 1.807) is 13.0 Å². The number of esters is 1. The van der Waals surface area contributed by atoms with E-state index in [1.165, 1.54) is 0 Å². The van der Waals surface area contributed by atoms with Gasteiger partial charge in [0.25, 0.3) is 0 Å². The van der Waals surface area contributed by atoms with Crippen molar-refractivity contribution in [3.63, 3.8) is 0 Å². The van der Waals surface area contributed by atoms with E-state index in [1.807, 2.05) is 19.1 Å². The highest BCUT2D eigenvalue weighted by Crippen LogP contribution is 2.15. The van der Waals surface area contributed by atoms with E-state index in [2.05, 4.69) is 6.07 Å². The second kappa shape index (κ2) is 6.70. The van der Waals surface area contributed by atoms with Crippen LogP contribution in [0.25, 0.3) is 0 Å². The van der Waals surface area contributed by atoms with Crippen LogP contribution in [-0.2, 0) is 17.6 Å². The summed E-state index contributed by atoms with van der Waals surface area (Å²) < 4.78 is 4.96. The van der Waals surface area contributed by atoms with E-state index in [-0.39, 0.29) is 5.97 Å². The molecule has 0 spiro atoms. The van der Waals surface area contributed by atoms with Crippen molar-refractivity contribution >= 4 is 5.97 Å². The van der Waals surface area contributed by atoms with Crippen LogP contribution in [0.5, 0.6) is 0 Å². The SMILES string of the molecule is CCOC(=O)c1ccc(CCC#N)c(CC)c1. The number of carbonyl (C=O) groups is 1. The highest BCUT2D eigenvalue weighted by molar-refractivity contribution is 5.89. The largest absolute Gasteiger partial charge is 0.462 e. The zero-order valence-electron chi connectivity index (χ0n) is 10.3. The van der Waals surface area contributed by atoms with Crippen molar-refractivity contribution in [1.82, 2.24) is 0 Å². The maximum absolute atomic E-state index is 11.6. The fraction of sp³-hybridized carbons (Fsp3) is 0.429. The molecule has 0 bridgehead atoms. The van der Waals surface area contributed by atoms with Crippen molar-refractivity contribution in [1.29, 1.82) is 5.26 Å². The van der Waals surface area contributed by atoms with Crippen LogP contribution in [0.1, 0.15) is 41.8 Å². The van der Waals surface area contributed by atoms with E-state index in [4.69, 9.17) is 10.00 Å². The van der Waals surface area contributed by atoms with Gasteiger partial charge in [0.1, 0.15) is 0 Å². The molecule has 0 amide bonds. The molecule has 0 fully saturated rings. The van der Waals surface area contributed by atoms with E-state index in [0.29, 0.717) is 18.6 Å². The molecule has 17 heavy (non-hydrogen) atoms. The molecule has 0 radical (unpaired) electrons. The second-order valence-corrected chi connectivity index (χ2v) is 3.72. The van der Waals surface area contributed by atoms with Crippen LogP contribution in [0.3, 0.4) is 0 Å². The Hall–Kier alpha value is -1.82. The Bertz CT molecular complexity index is 432. The molecule has 0 N–H and O–H groups in total. The minimum Gasteiger partial charge on any atom is -0.462 e. The molecule has 0 atom stereocenters. The number of hydrogen-bond acceptors (Lipinski definition) is 3. The molecule has 0 aliphatic rings. The summed E-state index contributed by atoms with van der Waals surface area (Å²) in [5.74, 6) is -0.283. The first-order valence-corrected chi connectivity index (χ1v) is 5.88. The van der Waals surface area contributed by atoms with Crippen LogP contribution in [-0.4, -0.2) is 12.6 Å². The smallest absolute Gasteiger partial charge is 0.338 e. The maximum Gasteiger partial charge on any atom is 0.338 e. The monoisotopic (exact) mass is 231 g/mol. The Labute approximate surface area is 102 Å². The number of carbonyl (C=O) groups excluding carboxylic acids is 1. The van der Waals surface area contributed by atoms with Crippen molar-refractivity contribution in [3.8, 4) is 6.07 Å². The topological polar surface area (TPSA) is 50.1 Å². The molecule has 90 valence electrons. The van der Waals surface area contributed by atoms with Crippen LogP contribution in [0.2, 0.25) is 0 Å². The summed E-state index contributed by atoms with van der Waals surface area (Å²) in [7, 11) is 0. The number of benzene rings is 1. The Kier molecular flexibility index (Phi) is 5.22. The van der Waals surface area contributed by atoms with Gasteiger partial charge in [0.15, 0.2) is 0 Å². The fourth-order valence-corrected chi connectivity index (χ4v) is 1.73. The number of rotatable bonds is 5. The van der Waals surface area contributed by atoms with Gasteiger partial charge in [0, 0.05) is 6.42 Å². The lowest BCUT2D eigenvalue weighted by molar-refractivity contribution is 0.0526. The molecule has 1 rings (SSSR count). The van der Waals surface area contributed by atoms with Crippen LogP contribution in [0, 0.1) is 11.3 Å². The number of ether oxygens (including phenoxy) is 1. The van der Waals surface area contributed by atoms with Crippen molar-refractivity contribution in [2.24, 2.45) is 0 Å². The number of hydrogen-bond donors (Lipinski definition) is 0. The van der Waals surface area contributed by atoms with Gasteiger partial charge in [-0.2, -0.15) is 5.26 Å². The zero-order valence-corrected chi connectivity index (χ0v) is 10.3. The lowest BCUT2D eigenvalue weighted by Crippen LogP contribution is -2.06. The normalized spacial score (nSPS) is 9.71. The van der Waals surface area contributed by atoms with Gasteiger partial charge in [-0.05, 0) is 43.0 Å². The van der Waals surface area contributed by atoms with Crippen molar-refractivity contribution < 1.29 is 9.53 Å². The Morgan fingerprint density at radius 1 is 1.35 bits per heavy atom. The average molecular weight is 231 g/mol. The summed E-state index contributed by atoms with van der Waals surface area (Å²) >= 11 is 0. The zero-order chi connectivity index (χ0) is 12.7. The van der Waals surface area contributed by atoms with Gasteiger partial charge in [-0.1, -0.05) is 13.0 Å². The van der Waals surface area contributed by atoms with Gasteiger partial charge in [0.2, 0.25) is 0 Å². The van der Waals surface area contributed by atoms with Crippen molar-refractivity contribution in [2.75, 3.05) is 6.61 Å². The third kappa shape index (κ3) is 3.60. The van der Waals surface area contributed by atoms with Gasteiger partial charge in [0.05, 0.1) is 18.2 Å². The molecule has 0 heterocycles. The third-order valence-electron chi connectivity index (χ3n) is 2.60. The van der Waals surface area contributed by atoms with Crippen LogP contribution >= 0.6 is 0 Å². The highest BCUT2D eigenvalue weighted by Gasteiger charge is 2.09. The third-order valence-corrected chi connectivity index (χ3v) is 2.60. The summed E-state index contributed by atoms with van der Waals surface area (Å²) in [4.78, 5) is 11.6. The summed E-state index contributed by atoms with van der Waals surface area (Å²) in [6, 6.07) is 7.69. The average Bonchev–Trinajstić information content (AvgIpc) is 2.36. The molecular weight excluding hydrogens is 214 g/mol. The van der Waals surface area contributed by atoms with Gasteiger partial charge >= 0.3 is 5.97 Å². The molecule has 3 nitrogen and oxygen atoms in total. The molecule has 1 aromatic carbocycles. The first-order valence-electron chi connectivity index (χ1n) is 5.88. The molecular formula is C14H17NO2. The number of aryl methyl sites for hydroxylation is 2. The van der Waals surface area contributed by atoms with Crippen molar-refractivity contribution in [3.05, 3.63) is 34.9 Å². The van der Waals surface area contributed by atoms with Crippen LogP contribution in [0.4, 0.5) is 0 Å². The Balaban J connectivity index is 2.92. The van der Waals surface area contributed by atoms with E-state index in [9.17, 15) is 4.79 Å². The standard InChI is InChI=1S/C14H17NO2/c1-3-11-10-13(14(16)17-4-2)8-7-12(11)6-5-9-15/h7-8,10H,3-6H2,1-2H3. The molecule has 1 aromatic rings. The first-order chi connectivity index (χ1) is 8.22. The molecule has 0 aromatic heterocycles. The summed E-state index contributed by atoms with van der Waals surface area (Å²) in [6.45, 7) is 4.22. The molecule has 0 saturated heterocycles. The molecule has 0 unspecified atom stereocenters. The lowest BCUT2D eigenvalue weighted by atomic mass is 9.98. The first kappa shape index (κ1) is 13.2. The molecule has 0 aliphatic heterocycles. The van der Waals surface area contributed by atoms with Gasteiger partial charge in [-0.15, -0.1) is 0 Å². The Morgan fingerprint density at radius 3 is 2.71 bits per heavy atom. The van der Waals surface area contributed by atoms with E-state index >= 15 is 0 Å². The lowest BCUT2D eigenvalue weighted by Gasteiger charge is -2.08. The second-order valence-electron chi connectivity index (χ2n) is 3.72. The summed E-state index contributed by atoms with van der Waals surface area (Å²) in [5.41, 5.74) is 2.84. The van der Waals surface area contributed by atoms with Crippen molar-refractivity contribution in [2.45, 2.75) is 33.1 Å². The van der Waals surface area contributed by atoms with Gasteiger partial charge in [-0.3, -0.25) is 0 Å². The minimum absolute atomic E-state index is 0.283. The predicted molar refractivity (Wildman–Crippen MR) is 65.7 cm³/mol. The van der Waals surface area contributed by atoms with E-state index in [0.717, 1.165) is 24.0 Å². The predicted octanol–water partition coefficient (Wildman–Crippen LogP) is 2.88. The quantitative estimate of drug-likeness (QED) is 0.732. The van der Waals surface area contributed by atoms with Crippen LogP contribution in [0.15, 0.2) is 18.2 Å². The molecule has 0 aliphatic carbocycles. The molecule has 3 heteroatoms. The highest BCUT2D eigenvalue weighted by atomic mass is 16.5. The van der Waals surface area contributed by atoms with Gasteiger partial charge < -0.3 is 4.74 Å².